The van der Waals surface area contributed by atoms with E-state index in [4.69, 9.17) is 0 Å². The Kier molecular flexibility index (Phi) is 2.30. The number of carbonyl (C=O) groups is 1. The topological polar surface area (TPSA) is 32.9 Å². The summed E-state index contributed by atoms with van der Waals surface area (Å²) in [5.41, 5.74) is 3.95. The molecule has 1 heterocycles. The molecule has 0 aliphatic heterocycles. The van der Waals surface area contributed by atoms with Gasteiger partial charge in [-0.1, -0.05) is 0 Å². The molecule has 2 nitrogen and oxygen atoms in total. The molecule has 1 N–H and O–H groups in total. The highest BCUT2D eigenvalue weighted by atomic mass is 16.1. The van der Waals surface area contributed by atoms with E-state index >= 15 is 0 Å². The van der Waals surface area contributed by atoms with E-state index in [1.807, 2.05) is 6.08 Å². The maximum atomic E-state index is 10.2. The summed E-state index contributed by atoms with van der Waals surface area (Å²) in [5, 5.41) is 0. The molecule has 0 radical (unpaired) electrons. The fourth-order valence-corrected chi connectivity index (χ4v) is 1.93. The van der Waals surface area contributed by atoms with Crippen molar-refractivity contribution in [3.63, 3.8) is 0 Å². The van der Waals surface area contributed by atoms with Crippen molar-refractivity contribution in [3.05, 3.63) is 29.1 Å². The van der Waals surface area contributed by atoms with Gasteiger partial charge >= 0.3 is 0 Å². The molecule has 2 rings (SSSR count). The third-order valence-electron chi connectivity index (χ3n) is 2.58. The largest absolute Gasteiger partial charge is 0.361 e. The second-order valence-electron chi connectivity index (χ2n) is 3.41. The van der Waals surface area contributed by atoms with E-state index < -0.39 is 0 Å². The molecule has 1 aliphatic carbocycles. The SMILES string of the molecule is O=C/C=C/c1[nH]cc2c1CCCC2. The number of aromatic amines is 1. The first kappa shape index (κ1) is 8.30. The van der Waals surface area contributed by atoms with Gasteiger partial charge in [0.25, 0.3) is 0 Å². The molecule has 0 spiro atoms. The highest BCUT2D eigenvalue weighted by molar-refractivity contribution is 5.74. The third kappa shape index (κ3) is 1.57. The number of nitrogens with one attached hydrogen (secondary N) is 1. The van der Waals surface area contributed by atoms with Gasteiger partial charge in [-0.25, -0.2) is 0 Å². The van der Waals surface area contributed by atoms with Gasteiger partial charge in [-0.3, -0.25) is 4.79 Å². The number of aryl methyl sites for hydroxylation is 1. The maximum absolute atomic E-state index is 10.2. The molecule has 0 amide bonds. The van der Waals surface area contributed by atoms with Crippen molar-refractivity contribution < 1.29 is 4.79 Å². The average Bonchev–Trinajstić information content (AvgIpc) is 2.58. The first-order chi connectivity index (χ1) is 6.42. The standard InChI is InChI=1S/C11H13NO/c13-7-3-6-11-10-5-2-1-4-9(10)8-12-11/h3,6-8,12H,1-2,4-5H2/b6-3+. The van der Waals surface area contributed by atoms with Crippen LogP contribution in [0, 0.1) is 0 Å². The molecule has 2 heteroatoms. The van der Waals surface area contributed by atoms with E-state index in [0.29, 0.717) is 0 Å². The van der Waals surface area contributed by atoms with Gasteiger partial charge in [0.15, 0.2) is 0 Å². The second kappa shape index (κ2) is 3.60. The summed E-state index contributed by atoms with van der Waals surface area (Å²) in [7, 11) is 0. The Hall–Kier alpha value is -1.31. The van der Waals surface area contributed by atoms with Gasteiger partial charge in [-0.15, -0.1) is 0 Å². The van der Waals surface area contributed by atoms with Crippen molar-refractivity contribution in [2.45, 2.75) is 25.7 Å². The molecule has 0 fully saturated rings. The lowest BCUT2D eigenvalue weighted by Gasteiger charge is -2.10. The smallest absolute Gasteiger partial charge is 0.142 e. The van der Waals surface area contributed by atoms with Crippen LogP contribution < -0.4 is 0 Å². The summed E-state index contributed by atoms with van der Waals surface area (Å²) in [5.74, 6) is 0. The summed E-state index contributed by atoms with van der Waals surface area (Å²) in [6.45, 7) is 0. The molecule has 0 aromatic carbocycles. The molecule has 1 aromatic heterocycles. The summed E-state index contributed by atoms with van der Waals surface area (Å²) < 4.78 is 0. The molecular formula is C11H13NO. The van der Waals surface area contributed by atoms with Gasteiger partial charge in [0.1, 0.15) is 6.29 Å². The molecule has 0 saturated carbocycles. The number of aromatic nitrogens is 1. The molecule has 0 bridgehead atoms. The van der Waals surface area contributed by atoms with Gasteiger partial charge in [-0.2, -0.15) is 0 Å². The van der Waals surface area contributed by atoms with Crippen molar-refractivity contribution >= 4 is 12.4 Å². The van der Waals surface area contributed by atoms with Gasteiger partial charge in [0.05, 0.1) is 0 Å². The van der Waals surface area contributed by atoms with Crippen LogP contribution in [-0.2, 0) is 17.6 Å². The molecule has 0 saturated heterocycles. The van der Waals surface area contributed by atoms with Gasteiger partial charge < -0.3 is 4.98 Å². The van der Waals surface area contributed by atoms with E-state index in [1.54, 1.807) is 6.08 Å². The predicted octanol–water partition coefficient (Wildman–Crippen LogP) is 2.11. The summed E-state index contributed by atoms with van der Waals surface area (Å²) in [6.07, 6.45) is 11.2. The van der Waals surface area contributed by atoms with Gasteiger partial charge in [0, 0.05) is 11.9 Å². The highest BCUT2D eigenvalue weighted by Crippen LogP contribution is 2.24. The van der Waals surface area contributed by atoms with Crippen molar-refractivity contribution in [1.29, 1.82) is 0 Å². The zero-order valence-electron chi connectivity index (χ0n) is 7.55. The minimum Gasteiger partial charge on any atom is -0.361 e. The van der Waals surface area contributed by atoms with Crippen molar-refractivity contribution in [1.82, 2.24) is 4.98 Å². The van der Waals surface area contributed by atoms with Crippen LogP contribution in [0.4, 0.5) is 0 Å². The Bertz CT molecular complexity index is 336. The van der Waals surface area contributed by atoms with Gasteiger partial charge in [-0.05, 0) is 49.0 Å². The Morgan fingerprint density at radius 1 is 1.31 bits per heavy atom. The van der Waals surface area contributed by atoms with Crippen LogP contribution in [0.1, 0.15) is 29.7 Å². The normalized spacial score (nSPS) is 16.0. The Morgan fingerprint density at radius 3 is 3.00 bits per heavy atom. The van der Waals surface area contributed by atoms with E-state index in [0.717, 1.165) is 18.4 Å². The monoisotopic (exact) mass is 175 g/mol. The molecular weight excluding hydrogens is 162 g/mol. The van der Waals surface area contributed by atoms with Crippen LogP contribution in [0.2, 0.25) is 0 Å². The molecule has 0 atom stereocenters. The number of H-pyrrole nitrogens is 1. The van der Waals surface area contributed by atoms with E-state index in [-0.39, 0.29) is 0 Å². The molecule has 0 unspecified atom stereocenters. The second-order valence-corrected chi connectivity index (χ2v) is 3.41. The Labute approximate surface area is 77.7 Å². The minimum absolute atomic E-state index is 0.816. The number of allylic oxidation sites excluding steroid dienone is 1. The minimum atomic E-state index is 0.816. The predicted molar refractivity (Wildman–Crippen MR) is 52.5 cm³/mol. The zero-order valence-corrected chi connectivity index (χ0v) is 7.55. The average molecular weight is 175 g/mol. The number of rotatable bonds is 2. The quantitative estimate of drug-likeness (QED) is 0.542. The van der Waals surface area contributed by atoms with E-state index in [2.05, 4.69) is 11.2 Å². The number of aldehydes is 1. The molecule has 13 heavy (non-hydrogen) atoms. The Morgan fingerprint density at radius 2 is 2.15 bits per heavy atom. The van der Waals surface area contributed by atoms with E-state index in [9.17, 15) is 4.79 Å². The van der Waals surface area contributed by atoms with Crippen LogP contribution in [0.15, 0.2) is 12.3 Å². The van der Waals surface area contributed by atoms with E-state index in [1.165, 1.54) is 30.4 Å². The van der Waals surface area contributed by atoms with Crippen LogP contribution in [0.5, 0.6) is 0 Å². The number of fused-ring (bicyclic) bond motifs is 1. The van der Waals surface area contributed by atoms with Crippen molar-refractivity contribution in [2.75, 3.05) is 0 Å². The van der Waals surface area contributed by atoms with Crippen LogP contribution in [-0.4, -0.2) is 11.3 Å². The molecule has 1 aromatic rings. The maximum Gasteiger partial charge on any atom is 0.142 e. The van der Waals surface area contributed by atoms with Crippen LogP contribution in [0.25, 0.3) is 6.08 Å². The highest BCUT2D eigenvalue weighted by Gasteiger charge is 2.12. The van der Waals surface area contributed by atoms with Crippen molar-refractivity contribution in [2.24, 2.45) is 0 Å². The first-order valence-corrected chi connectivity index (χ1v) is 4.73. The Balaban J connectivity index is 2.31. The first-order valence-electron chi connectivity index (χ1n) is 4.73. The molecule has 68 valence electrons. The number of hydrogen-bond acceptors (Lipinski definition) is 1. The fraction of sp³-hybridized carbons (Fsp3) is 0.364. The summed E-state index contributed by atoms with van der Waals surface area (Å²) in [6, 6.07) is 0. The molecule has 1 aliphatic rings. The summed E-state index contributed by atoms with van der Waals surface area (Å²) in [4.78, 5) is 13.4. The number of hydrogen-bond donors (Lipinski definition) is 1. The zero-order chi connectivity index (χ0) is 9.10. The third-order valence-corrected chi connectivity index (χ3v) is 2.58. The number of carbonyl (C=O) groups excluding carboxylic acids is 1. The fourth-order valence-electron chi connectivity index (χ4n) is 1.93. The van der Waals surface area contributed by atoms with Gasteiger partial charge in [0.2, 0.25) is 0 Å². The van der Waals surface area contributed by atoms with Crippen LogP contribution >= 0.6 is 0 Å². The lowest BCUT2D eigenvalue weighted by Crippen LogP contribution is -1.99. The lowest BCUT2D eigenvalue weighted by molar-refractivity contribution is -0.104. The van der Waals surface area contributed by atoms with Crippen molar-refractivity contribution in [3.8, 4) is 0 Å². The van der Waals surface area contributed by atoms with Crippen LogP contribution in [0.3, 0.4) is 0 Å². The lowest BCUT2D eigenvalue weighted by atomic mass is 9.94. The summed E-state index contributed by atoms with van der Waals surface area (Å²) >= 11 is 0.